The van der Waals surface area contributed by atoms with Crippen molar-refractivity contribution >= 4 is 23.7 Å². The molecular formula is C26H38N2O7. The maximum Gasteiger partial charge on any atom is 0.327 e. The molecule has 0 radical (unpaired) electrons. The molecule has 9 nitrogen and oxygen atoms in total. The van der Waals surface area contributed by atoms with Gasteiger partial charge in [-0.15, -0.1) is 0 Å². The molecule has 0 bridgehead atoms. The molecule has 0 aromatic heterocycles. The van der Waals surface area contributed by atoms with Gasteiger partial charge in [-0.05, 0) is 59.7 Å². The van der Waals surface area contributed by atoms with Gasteiger partial charge < -0.3 is 19.5 Å². The highest BCUT2D eigenvalue weighted by Crippen LogP contribution is 2.32. The second kappa shape index (κ2) is 12.3. The average Bonchev–Trinajstić information content (AvgIpc) is 3.09. The summed E-state index contributed by atoms with van der Waals surface area (Å²) in [6, 6.07) is 8.25. The summed E-state index contributed by atoms with van der Waals surface area (Å²) in [6.07, 6.45) is 0.521. The van der Waals surface area contributed by atoms with E-state index in [9.17, 15) is 19.2 Å². The van der Waals surface area contributed by atoms with Crippen molar-refractivity contribution in [2.75, 3.05) is 20.8 Å². The Hall–Kier alpha value is -2.78. The number of hydrogen-bond acceptors (Lipinski definition) is 9. The first-order chi connectivity index (χ1) is 16.4. The van der Waals surface area contributed by atoms with Crippen LogP contribution in [-0.4, -0.2) is 66.6 Å². The first kappa shape index (κ1) is 28.5. The summed E-state index contributed by atoms with van der Waals surface area (Å²) in [7, 11) is 3.34. The van der Waals surface area contributed by atoms with Gasteiger partial charge in [0.15, 0.2) is 0 Å². The highest BCUT2D eigenvalue weighted by molar-refractivity contribution is 6.00. The number of likely N-dealkylation sites (N-methyl/N-ethyl adjacent to an activating group) is 2. The highest BCUT2D eigenvalue weighted by Gasteiger charge is 2.48. The van der Waals surface area contributed by atoms with Crippen molar-refractivity contribution in [2.45, 2.75) is 77.2 Å². The van der Waals surface area contributed by atoms with E-state index in [4.69, 9.17) is 14.2 Å². The lowest BCUT2D eigenvalue weighted by Crippen LogP contribution is -2.47. The van der Waals surface area contributed by atoms with E-state index >= 15 is 0 Å². The van der Waals surface area contributed by atoms with Crippen molar-refractivity contribution in [2.24, 2.45) is 5.92 Å². The number of ketones is 1. The standard InChI is InChI=1S/C26H38N2O7/c1-7-26(24(32)34-17-28(26)6)14-13-21(29)19(15-20(27-5)23(31)35-25(2,3)4)22(30)33-16-18-11-9-8-10-12-18/h8-12,19-20,27H,7,13-17H2,1-6H3. The number of Topliss-reactive ketones (excluding diaryl/α,β-unsaturated/α-hetero) is 1. The van der Waals surface area contributed by atoms with Gasteiger partial charge in [-0.1, -0.05) is 37.3 Å². The second-order valence-electron chi connectivity index (χ2n) is 9.87. The number of carbonyl (C=O) groups excluding carboxylic acids is 4. The van der Waals surface area contributed by atoms with Crippen LogP contribution in [0.5, 0.6) is 0 Å². The first-order valence-corrected chi connectivity index (χ1v) is 12.0. The Labute approximate surface area is 207 Å². The number of ether oxygens (including phenoxy) is 3. The molecule has 1 aliphatic heterocycles. The lowest BCUT2D eigenvalue weighted by atomic mass is 9.85. The fourth-order valence-corrected chi connectivity index (χ4v) is 4.09. The van der Waals surface area contributed by atoms with Gasteiger partial charge in [0, 0.05) is 6.42 Å². The summed E-state index contributed by atoms with van der Waals surface area (Å²) in [5.74, 6) is -3.23. The van der Waals surface area contributed by atoms with Crippen LogP contribution in [0.3, 0.4) is 0 Å². The molecule has 1 saturated heterocycles. The molecule has 1 heterocycles. The Morgan fingerprint density at radius 2 is 1.83 bits per heavy atom. The lowest BCUT2D eigenvalue weighted by Gasteiger charge is -2.30. The second-order valence-corrected chi connectivity index (χ2v) is 9.87. The van der Waals surface area contributed by atoms with Gasteiger partial charge in [0.1, 0.15) is 42.2 Å². The molecule has 9 heteroatoms. The zero-order valence-electron chi connectivity index (χ0n) is 21.6. The van der Waals surface area contributed by atoms with Crippen LogP contribution in [0.4, 0.5) is 0 Å². The third-order valence-corrected chi connectivity index (χ3v) is 6.28. The van der Waals surface area contributed by atoms with E-state index in [2.05, 4.69) is 5.32 Å². The van der Waals surface area contributed by atoms with Crippen molar-refractivity contribution in [1.29, 1.82) is 0 Å². The number of hydrogen-bond donors (Lipinski definition) is 1. The van der Waals surface area contributed by atoms with Crippen LogP contribution >= 0.6 is 0 Å². The van der Waals surface area contributed by atoms with Crippen LogP contribution < -0.4 is 5.32 Å². The van der Waals surface area contributed by atoms with E-state index in [1.165, 1.54) is 0 Å². The molecule has 35 heavy (non-hydrogen) atoms. The first-order valence-electron chi connectivity index (χ1n) is 12.0. The molecule has 1 N–H and O–H groups in total. The monoisotopic (exact) mass is 490 g/mol. The van der Waals surface area contributed by atoms with Crippen LogP contribution in [-0.2, 0) is 40.0 Å². The summed E-state index contributed by atoms with van der Waals surface area (Å²) in [4.78, 5) is 53.3. The lowest BCUT2D eigenvalue weighted by molar-refractivity contribution is -0.159. The molecule has 1 aromatic carbocycles. The van der Waals surface area contributed by atoms with Gasteiger partial charge in [-0.25, -0.2) is 4.79 Å². The third-order valence-electron chi connectivity index (χ3n) is 6.28. The molecular weight excluding hydrogens is 452 g/mol. The Bertz CT molecular complexity index is 897. The topological polar surface area (TPSA) is 111 Å². The fraction of sp³-hybridized carbons (Fsp3) is 0.615. The minimum absolute atomic E-state index is 0.00801. The normalized spacial score (nSPS) is 20.1. The van der Waals surface area contributed by atoms with Gasteiger partial charge in [-0.2, -0.15) is 0 Å². The van der Waals surface area contributed by atoms with Crippen LogP contribution in [0.1, 0.15) is 58.9 Å². The van der Waals surface area contributed by atoms with Crippen LogP contribution in [0.2, 0.25) is 0 Å². The Balaban J connectivity index is 2.18. The quantitative estimate of drug-likeness (QED) is 0.268. The minimum atomic E-state index is -1.19. The van der Waals surface area contributed by atoms with Gasteiger partial charge in [0.2, 0.25) is 0 Å². The van der Waals surface area contributed by atoms with Crippen molar-refractivity contribution in [3.05, 3.63) is 35.9 Å². The van der Waals surface area contributed by atoms with Crippen molar-refractivity contribution in [1.82, 2.24) is 10.2 Å². The average molecular weight is 491 g/mol. The zero-order valence-corrected chi connectivity index (χ0v) is 21.6. The third kappa shape index (κ3) is 7.60. The molecule has 1 aliphatic rings. The summed E-state index contributed by atoms with van der Waals surface area (Å²) >= 11 is 0. The molecule has 1 fully saturated rings. The predicted molar refractivity (Wildman–Crippen MR) is 129 cm³/mol. The molecule has 0 saturated carbocycles. The molecule has 0 amide bonds. The van der Waals surface area contributed by atoms with Gasteiger partial charge in [0.25, 0.3) is 0 Å². The van der Waals surface area contributed by atoms with E-state index in [-0.39, 0.29) is 38.6 Å². The molecule has 194 valence electrons. The summed E-state index contributed by atoms with van der Waals surface area (Å²) in [5.41, 5.74) is -0.855. The van der Waals surface area contributed by atoms with Crippen molar-refractivity contribution < 1.29 is 33.4 Å². The number of cyclic esters (lactones) is 1. The fourth-order valence-electron chi connectivity index (χ4n) is 4.09. The largest absolute Gasteiger partial charge is 0.460 e. The number of carbonyl (C=O) groups is 4. The van der Waals surface area contributed by atoms with Crippen LogP contribution in [0.25, 0.3) is 0 Å². The SMILES string of the molecule is CCC1(CCC(=O)C(CC(NC)C(=O)OC(C)(C)C)C(=O)OCc2ccccc2)C(=O)OCN1C. The number of rotatable bonds is 12. The van der Waals surface area contributed by atoms with Crippen molar-refractivity contribution in [3.63, 3.8) is 0 Å². The number of nitrogens with one attached hydrogen (secondary N) is 1. The van der Waals surface area contributed by atoms with E-state index in [1.807, 2.05) is 37.3 Å². The smallest absolute Gasteiger partial charge is 0.327 e. The number of esters is 3. The molecule has 3 atom stereocenters. The Morgan fingerprint density at radius 3 is 2.34 bits per heavy atom. The molecule has 2 rings (SSSR count). The van der Waals surface area contributed by atoms with E-state index in [0.29, 0.717) is 6.42 Å². The van der Waals surface area contributed by atoms with Crippen LogP contribution in [0, 0.1) is 5.92 Å². The Morgan fingerprint density at radius 1 is 1.17 bits per heavy atom. The number of benzene rings is 1. The van der Waals surface area contributed by atoms with Gasteiger partial charge in [0.05, 0.1) is 0 Å². The summed E-state index contributed by atoms with van der Waals surface area (Å²) < 4.78 is 16.1. The molecule has 3 unspecified atom stereocenters. The van der Waals surface area contributed by atoms with Gasteiger partial charge in [-0.3, -0.25) is 19.3 Å². The highest BCUT2D eigenvalue weighted by atomic mass is 16.6. The van der Waals surface area contributed by atoms with Crippen molar-refractivity contribution in [3.8, 4) is 0 Å². The predicted octanol–water partition coefficient (Wildman–Crippen LogP) is 2.61. The maximum absolute atomic E-state index is 13.3. The van der Waals surface area contributed by atoms with Crippen LogP contribution in [0.15, 0.2) is 30.3 Å². The molecule has 0 spiro atoms. The van der Waals surface area contributed by atoms with E-state index < -0.39 is 40.8 Å². The maximum atomic E-state index is 13.3. The summed E-state index contributed by atoms with van der Waals surface area (Å²) in [6.45, 7) is 7.26. The molecule has 1 aromatic rings. The minimum Gasteiger partial charge on any atom is -0.460 e. The number of nitrogens with zero attached hydrogens (tertiary/aromatic N) is 1. The molecule has 0 aliphatic carbocycles. The van der Waals surface area contributed by atoms with E-state index in [0.717, 1.165) is 5.56 Å². The van der Waals surface area contributed by atoms with Gasteiger partial charge >= 0.3 is 17.9 Å². The zero-order chi connectivity index (χ0) is 26.2. The Kier molecular flexibility index (Phi) is 9.97. The van der Waals surface area contributed by atoms with E-state index in [1.54, 1.807) is 39.8 Å². The summed E-state index contributed by atoms with van der Waals surface area (Å²) in [5, 5.41) is 2.85.